The SMILES string of the molecule is CC(C)(ONS(=O)(=O)c1cc2ccccc2s1)C(=O)O. The lowest BCUT2D eigenvalue weighted by atomic mass is 10.1. The molecule has 0 aliphatic heterocycles. The van der Waals surface area contributed by atoms with E-state index in [-0.39, 0.29) is 4.21 Å². The molecule has 0 spiro atoms. The molecule has 2 rings (SSSR count). The molecule has 1 aromatic carbocycles. The largest absolute Gasteiger partial charge is 0.479 e. The summed E-state index contributed by atoms with van der Waals surface area (Å²) >= 11 is 1.09. The predicted octanol–water partition coefficient (Wildman–Crippen LogP) is 1.97. The summed E-state index contributed by atoms with van der Waals surface area (Å²) < 4.78 is 25.0. The van der Waals surface area contributed by atoms with E-state index in [1.54, 1.807) is 12.1 Å². The highest BCUT2D eigenvalue weighted by Crippen LogP contribution is 2.28. The van der Waals surface area contributed by atoms with Crippen LogP contribution in [0.25, 0.3) is 10.1 Å². The Labute approximate surface area is 120 Å². The van der Waals surface area contributed by atoms with Gasteiger partial charge in [0.2, 0.25) is 0 Å². The van der Waals surface area contributed by atoms with E-state index in [0.717, 1.165) is 21.4 Å². The second kappa shape index (κ2) is 5.13. The van der Waals surface area contributed by atoms with Crippen LogP contribution in [0.3, 0.4) is 0 Å². The number of aliphatic carboxylic acids is 1. The van der Waals surface area contributed by atoms with E-state index in [1.165, 1.54) is 19.9 Å². The number of nitrogens with one attached hydrogen (secondary N) is 1. The lowest BCUT2D eigenvalue weighted by Gasteiger charge is -2.19. The zero-order valence-corrected chi connectivity index (χ0v) is 12.4. The van der Waals surface area contributed by atoms with Crippen molar-refractivity contribution in [2.75, 3.05) is 0 Å². The Hall–Kier alpha value is -1.48. The number of benzene rings is 1. The third-order valence-electron chi connectivity index (χ3n) is 2.59. The molecule has 0 aliphatic carbocycles. The Morgan fingerprint density at radius 1 is 1.35 bits per heavy atom. The summed E-state index contributed by atoms with van der Waals surface area (Å²) in [4.78, 5) is 17.5. The highest BCUT2D eigenvalue weighted by Gasteiger charge is 2.31. The van der Waals surface area contributed by atoms with Gasteiger partial charge in [-0.05, 0) is 31.4 Å². The molecule has 0 aliphatic rings. The van der Waals surface area contributed by atoms with E-state index in [0.29, 0.717) is 0 Å². The minimum atomic E-state index is -3.91. The van der Waals surface area contributed by atoms with Crippen LogP contribution in [0.5, 0.6) is 0 Å². The first-order valence-corrected chi connectivity index (χ1v) is 7.94. The van der Waals surface area contributed by atoms with Crippen molar-refractivity contribution in [3.8, 4) is 0 Å². The van der Waals surface area contributed by atoms with Crippen molar-refractivity contribution in [3.05, 3.63) is 30.3 Å². The zero-order chi connectivity index (χ0) is 15.0. The first kappa shape index (κ1) is 14.9. The lowest BCUT2D eigenvalue weighted by Crippen LogP contribution is -2.41. The number of fused-ring (bicyclic) bond motifs is 1. The van der Waals surface area contributed by atoms with Crippen LogP contribution >= 0.6 is 11.3 Å². The van der Waals surface area contributed by atoms with Crippen LogP contribution in [0.1, 0.15) is 13.8 Å². The number of hydrogen-bond acceptors (Lipinski definition) is 5. The Morgan fingerprint density at radius 2 is 2.00 bits per heavy atom. The minimum absolute atomic E-state index is 0.0693. The molecule has 0 unspecified atom stereocenters. The second-order valence-electron chi connectivity index (χ2n) is 4.61. The van der Waals surface area contributed by atoms with Gasteiger partial charge in [-0.2, -0.15) is 0 Å². The van der Waals surface area contributed by atoms with Gasteiger partial charge in [0.15, 0.2) is 5.60 Å². The van der Waals surface area contributed by atoms with Gasteiger partial charge in [-0.25, -0.2) is 13.2 Å². The lowest BCUT2D eigenvalue weighted by molar-refractivity contribution is -0.165. The molecule has 0 bridgehead atoms. The first-order chi connectivity index (χ1) is 9.22. The van der Waals surface area contributed by atoms with Crippen LogP contribution in [0.4, 0.5) is 0 Å². The van der Waals surface area contributed by atoms with Crippen molar-refractivity contribution in [1.82, 2.24) is 4.89 Å². The van der Waals surface area contributed by atoms with Crippen molar-refractivity contribution in [2.45, 2.75) is 23.7 Å². The standard InChI is InChI=1S/C12H13NO5S2/c1-12(2,11(14)15)18-13-20(16,17)10-7-8-5-3-4-6-9(8)19-10/h3-7,13H,1-2H3,(H,14,15). The number of rotatable bonds is 5. The average molecular weight is 315 g/mol. The van der Waals surface area contributed by atoms with Crippen LogP contribution in [-0.4, -0.2) is 25.1 Å². The Morgan fingerprint density at radius 3 is 2.60 bits per heavy atom. The second-order valence-corrected chi connectivity index (χ2v) is 7.56. The van der Waals surface area contributed by atoms with Gasteiger partial charge in [-0.1, -0.05) is 23.1 Å². The van der Waals surface area contributed by atoms with Crippen LogP contribution in [0, 0.1) is 0 Å². The number of thiophene rings is 1. The van der Waals surface area contributed by atoms with E-state index in [4.69, 9.17) is 9.94 Å². The summed E-state index contributed by atoms with van der Waals surface area (Å²) in [5.74, 6) is -1.27. The van der Waals surface area contributed by atoms with Gasteiger partial charge in [0.05, 0.1) is 0 Å². The maximum absolute atomic E-state index is 12.1. The molecule has 1 aromatic heterocycles. The van der Waals surface area contributed by atoms with Crippen molar-refractivity contribution in [2.24, 2.45) is 0 Å². The van der Waals surface area contributed by atoms with Crippen molar-refractivity contribution in [3.63, 3.8) is 0 Å². The Balaban J connectivity index is 2.24. The Bertz CT molecular complexity index is 715. The van der Waals surface area contributed by atoms with Gasteiger partial charge in [0, 0.05) is 4.70 Å². The highest BCUT2D eigenvalue weighted by atomic mass is 32.2. The smallest absolute Gasteiger partial charge is 0.337 e. The molecule has 8 heteroatoms. The number of carboxylic acid groups (broad SMARTS) is 1. The van der Waals surface area contributed by atoms with Crippen LogP contribution in [0.15, 0.2) is 34.5 Å². The molecule has 0 saturated carbocycles. The maximum Gasteiger partial charge on any atom is 0.337 e. The highest BCUT2D eigenvalue weighted by molar-refractivity contribution is 7.91. The molecular weight excluding hydrogens is 302 g/mol. The third kappa shape index (κ3) is 2.98. The summed E-state index contributed by atoms with van der Waals surface area (Å²) in [6, 6.07) is 8.74. The van der Waals surface area contributed by atoms with E-state index in [9.17, 15) is 13.2 Å². The molecule has 0 fully saturated rings. The number of sulfonamides is 1. The molecule has 2 aromatic rings. The summed E-state index contributed by atoms with van der Waals surface area (Å²) in [5.41, 5.74) is -1.65. The van der Waals surface area contributed by atoms with Crippen molar-refractivity contribution >= 4 is 37.4 Å². The topological polar surface area (TPSA) is 92.7 Å². The van der Waals surface area contributed by atoms with Gasteiger partial charge >= 0.3 is 5.97 Å². The number of carbonyl (C=O) groups is 1. The van der Waals surface area contributed by atoms with E-state index >= 15 is 0 Å². The molecule has 20 heavy (non-hydrogen) atoms. The number of carboxylic acids is 1. The molecule has 1 heterocycles. The average Bonchev–Trinajstić information content (AvgIpc) is 2.81. The van der Waals surface area contributed by atoms with Crippen molar-refractivity contribution < 1.29 is 23.2 Å². The monoisotopic (exact) mass is 315 g/mol. The normalized spacial score (nSPS) is 12.7. The van der Waals surface area contributed by atoms with Gasteiger partial charge in [0.1, 0.15) is 4.21 Å². The molecule has 0 atom stereocenters. The predicted molar refractivity (Wildman–Crippen MR) is 74.9 cm³/mol. The fourth-order valence-electron chi connectivity index (χ4n) is 1.33. The fourth-order valence-corrected chi connectivity index (χ4v) is 3.62. The Kier molecular flexibility index (Phi) is 3.83. The molecule has 0 amide bonds. The van der Waals surface area contributed by atoms with Crippen LogP contribution in [0.2, 0.25) is 0 Å². The molecular formula is C12H13NO5S2. The van der Waals surface area contributed by atoms with Gasteiger partial charge < -0.3 is 5.11 Å². The summed E-state index contributed by atoms with van der Waals surface area (Å²) in [6.45, 7) is 2.51. The van der Waals surface area contributed by atoms with Crippen molar-refractivity contribution in [1.29, 1.82) is 0 Å². The van der Waals surface area contributed by atoms with Gasteiger partial charge in [-0.15, -0.1) is 11.3 Å². The molecule has 0 saturated heterocycles. The molecule has 6 nitrogen and oxygen atoms in total. The number of hydrogen-bond donors (Lipinski definition) is 2. The summed E-state index contributed by atoms with van der Waals surface area (Å²) in [6.07, 6.45) is 0. The van der Waals surface area contributed by atoms with Crippen LogP contribution < -0.4 is 4.89 Å². The zero-order valence-electron chi connectivity index (χ0n) is 10.8. The fraction of sp³-hybridized carbons (Fsp3) is 0.250. The quantitative estimate of drug-likeness (QED) is 0.823. The van der Waals surface area contributed by atoms with Gasteiger partial charge in [-0.3, -0.25) is 4.84 Å². The molecule has 0 radical (unpaired) electrons. The molecule has 108 valence electrons. The van der Waals surface area contributed by atoms with E-state index < -0.39 is 21.6 Å². The van der Waals surface area contributed by atoms with Gasteiger partial charge in [0.25, 0.3) is 10.0 Å². The first-order valence-electron chi connectivity index (χ1n) is 5.64. The minimum Gasteiger partial charge on any atom is -0.479 e. The summed E-state index contributed by atoms with van der Waals surface area (Å²) in [5, 5.41) is 9.67. The van der Waals surface area contributed by atoms with Crippen LogP contribution in [-0.2, 0) is 19.7 Å². The molecule has 2 N–H and O–H groups in total. The van der Waals surface area contributed by atoms with E-state index in [2.05, 4.69) is 0 Å². The van der Waals surface area contributed by atoms with E-state index in [1.807, 2.05) is 17.0 Å². The summed E-state index contributed by atoms with van der Waals surface area (Å²) in [7, 11) is -3.91. The third-order valence-corrected chi connectivity index (χ3v) is 5.36. The maximum atomic E-state index is 12.1.